The number of aromatic nitrogens is 3. The predicted octanol–water partition coefficient (Wildman–Crippen LogP) is 5.43. The van der Waals surface area contributed by atoms with E-state index in [1.807, 2.05) is 6.92 Å². The van der Waals surface area contributed by atoms with Gasteiger partial charge in [-0.3, -0.25) is 0 Å². The molecule has 0 aliphatic heterocycles. The van der Waals surface area contributed by atoms with Gasteiger partial charge in [-0.05, 0) is 33.6 Å². The smallest absolute Gasteiger partial charge is 0.330 e. The van der Waals surface area contributed by atoms with Gasteiger partial charge >= 0.3 is 77.7 Å². The molecule has 0 saturated carbocycles. The van der Waals surface area contributed by atoms with Gasteiger partial charge in [0.05, 0.1) is 52.9 Å². The van der Waals surface area contributed by atoms with Crippen molar-refractivity contribution in [2.45, 2.75) is 85.0 Å². The van der Waals surface area contributed by atoms with Crippen molar-refractivity contribution < 1.29 is 129 Å². The Labute approximate surface area is 543 Å². The average molecular weight is 1320 g/mol. The first-order valence-electron chi connectivity index (χ1n) is 28.6. The van der Waals surface area contributed by atoms with Crippen molar-refractivity contribution in [3.05, 3.63) is 127 Å². The van der Waals surface area contributed by atoms with Crippen LogP contribution >= 0.6 is 0 Å². The Balaban J connectivity index is -0.000000365. The second-order valence-corrected chi connectivity index (χ2v) is 16.6. The zero-order valence-electron chi connectivity index (χ0n) is 54.0. The Hall–Kier alpha value is -9.65. The third-order valence-electron chi connectivity index (χ3n) is 8.84. The van der Waals surface area contributed by atoms with Crippen LogP contribution in [0.25, 0.3) is 0 Å². The number of unbranched alkanes of at least 4 members (excludes halogenated alkanes) is 2. The molecule has 0 bridgehead atoms. The molecule has 1 heterocycles. The molecule has 30 heteroatoms. The molecule has 1 aromatic rings. The fourth-order valence-corrected chi connectivity index (χ4v) is 4.62. The van der Waals surface area contributed by atoms with Gasteiger partial charge in [-0.2, -0.15) is 0 Å². The van der Waals surface area contributed by atoms with Crippen molar-refractivity contribution in [1.82, 2.24) is 15.0 Å². The zero-order chi connectivity index (χ0) is 71.3. The highest BCUT2D eigenvalue weighted by molar-refractivity contribution is 5.84. The number of ether oxygens (including phenoxy) is 16. The summed E-state index contributed by atoms with van der Waals surface area (Å²) in [6, 6.07) is -0.512. The number of esters is 10. The molecule has 30 nitrogen and oxygen atoms in total. The van der Waals surface area contributed by atoms with Crippen molar-refractivity contribution in [2.24, 2.45) is 0 Å². The minimum atomic E-state index is -0.704. The molecule has 0 spiro atoms. The molecule has 0 aromatic carbocycles. The Bertz CT molecular complexity index is 2220. The summed E-state index contributed by atoms with van der Waals surface area (Å²) in [6.07, 6.45) is 13.7. The lowest BCUT2D eigenvalue weighted by Crippen LogP contribution is -2.31. The van der Waals surface area contributed by atoms with Gasteiger partial charge in [0.25, 0.3) is 0 Å². The fraction of sp³-hybridized carbons (Fsp3) is 0.476. The molecule has 93 heavy (non-hydrogen) atoms. The minimum Gasteiger partial charge on any atom is -0.463 e. The molecule has 0 radical (unpaired) electrons. The molecule has 1 aromatic heterocycles. The molecule has 0 aliphatic rings. The highest BCUT2D eigenvalue weighted by Gasteiger charge is 2.17. The maximum atomic E-state index is 11.4. The lowest BCUT2D eigenvalue weighted by Gasteiger charge is -2.20. The molecule has 522 valence electrons. The molecule has 0 saturated heterocycles. The van der Waals surface area contributed by atoms with Crippen molar-refractivity contribution in [3.63, 3.8) is 0 Å². The lowest BCUT2D eigenvalue weighted by atomic mass is 10.3. The van der Waals surface area contributed by atoms with E-state index in [0.29, 0.717) is 32.8 Å². The second kappa shape index (κ2) is 68.3. The predicted molar refractivity (Wildman–Crippen MR) is 336 cm³/mol. The van der Waals surface area contributed by atoms with Crippen LogP contribution < -0.4 is 14.2 Å². The highest BCUT2D eigenvalue weighted by Crippen LogP contribution is 2.15. The Morgan fingerprint density at radius 2 is 0.624 bits per heavy atom. The lowest BCUT2D eigenvalue weighted by molar-refractivity contribution is -0.155. The van der Waals surface area contributed by atoms with E-state index in [0.717, 1.165) is 87.0 Å². The van der Waals surface area contributed by atoms with Gasteiger partial charge in [0.15, 0.2) is 0 Å². The average Bonchev–Trinajstić information content (AvgIpc) is 1.09. The molecular formula is C63H93N3O27. The third-order valence-corrected chi connectivity index (χ3v) is 8.84. The van der Waals surface area contributed by atoms with E-state index in [1.165, 1.54) is 6.08 Å². The molecule has 0 fully saturated rings. The van der Waals surface area contributed by atoms with Crippen molar-refractivity contribution in [2.75, 3.05) is 112 Å². The quantitative estimate of drug-likeness (QED) is 0.0368. The van der Waals surface area contributed by atoms with Gasteiger partial charge in [-0.1, -0.05) is 92.5 Å². The van der Waals surface area contributed by atoms with Gasteiger partial charge in [0.2, 0.25) is 0 Å². The first-order valence-corrected chi connectivity index (χ1v) is 28.6. The van der Waals surface area contributed by atoms with Crippen LogP contribution in [0.15, 0.2) is 127 Å². The van der Waals surface area contributed by atoms with Crippen LogP contribution in [0.2, 0.25) is 0 Å². The van der Waals surface area contributed by atoms with E-state index in [4.69, 9.17) is 61.9 Å². The second-order valence-electron chi connectivity index (χ2n) is 16.6. The number of carbonyl (C=O) groups excluding carboxylic acids is 10. The molecule has 0 aliphatic carbocycles. The van der Waals surface area contributed by atoms with E-state index in [1.54, 1.807) is 20.8 Å². The normalized spacial score (nSPS) is 10.3. The van der Waals surface area contributed by atoms with Crippen LogP contribution in [0.4, 0.5) is 0 Å². The Kier molecular flexibility index (Phi) is 67.6. The van der Waals surface area contributed by atoms with Crippen molar-refractivity contribution in [1.29, 1.82) is 0 Å². The number of aliphatic hydroxyl groups excluding tert-OH is 1. The summed E-state index contributed by atoms with van der Waals surface area (Å²) < 4.78 is 79.4. The monoisotopic (exact) mass is 1320 g/mol. The maximum absolute atomic E-state index is 11.4. The van der Waals surface area contributed by atoms with Crippen LogP contribution in [0.3, 0.4) is 0 Å². The van der Waals surface area contributed by atoms with Gasteiger partial charge in [0.1, 0.15) is 64.6 Å². The van der Waals surface area contributed by atoms with Gasteiger partial charge in [0, 0.05) is 80.4 Å². The van der Waals surface area contributed by atoms with Crippen molar-refractivity contribution >= 4 is 59.7 Å². The summed E-state index contributed by atoms with van der Waals surface area (Å²) in [7, 11) is 0. The van der Waals surface area contributed by atoms with Crippen LogP contribution in [0, 0.1) is 0 Å². The topological polar surface area (TPSA) is 377 Å². The fourth-order valence-electron chi connectivity index (χ4n) is 4.62. The number of nitrogens with zero attached hydrogens (tertiary/aromatic N) is 3. The molecule has 2 unspecified atom stereocenters. The van der Waals surface area contributed by atoms with Crippen LogP contribution in [-0.4, -0.2) is 210 Å². The van der Waals surface area contributed by atoms with E-state index >= 15 is 0 Å². The van der Waals surface area contributed by atoms with Crippen LogP contribution in [0.1, 0.15) is 66.7 Å². The number of rotatable bonds is 46. The number of hydrogen-bond acceptors (Lipinski definition) is 30. The highest BCUT2D eigenvalue weighted by atomic mass is 16.6. The van der Waals surface area contributed by atoms with E-state index in [9.17, 15) is 47.9 Å². The van der Waals surface area contributed by atoms with Crippen LogP contribution in [-0.2, 0) is 110 Å². The van der Waals surface area contributed by atoms with E-state index in [-0.39, 0.29) is 109 Å². The molecule has 1 rings (SSSR count). The summed E-state index contributed by atoms with van der Waals surface area (Å²) in [6.45, 7) is 44.5. The SMILES string of the molecule is C=CC(=O)OC(C)COCC(COCC(C)OC(=O)C=C)OC(=O)C=C.C=CC(=O)OCC.C=CC(=O)OCCCC.C=CC(=O)OCCCO.C=CC(=O)OCCOCCCC.C=CC(=O)OCCOc1nc(OCCOC(=O)C=C)nc(OCCOC(=O)C=C)n1. The first kappa shape index (κ1) is 92.1. The summed E-state index contributed by atoms with van der Waals surface area (Å²) in [5, 5.41) is 8.23. The van der Waals surface area contributed by atoms with E-state index in [2.05, 4.69) is 107 Å². The van der Waals surface area contributed by atoms with Crippen molar-refractivity contribution in [3.8, 4) is 18.0 Å². The summed E-state index contributed by atoms with van der Waals surface area (Å²) in [5.74, 6) is -5.08. The molecular weight excluding hydrogens is 1230 g/mol. The third kappa shape index (κ3) is 68.1. The Morgan fingerprint density at radius 3 is 0.914 bits per heavy atom. The first-order chi connectivity index (χ1) is 44.5. The number of hydrogen-bond donors (Lipinski definition) is 1. The standard InChI is InChI=1S/C18H21N3O9.C18H26O8.C9H16O3.C7H12O2.C6H10O3.C5H8O2/c1-4-13(22)25-7-10-28-16-19-17(29-11-8-26-14(23)5-2)21-18(20-16)30-12-9-27-15(24)6-3;1-6-16(19)24-13(4)9-22-11-15(26-18(21)8-3)12-23-10-14(5)25-17(20)7-2;1-3-5-6-11-7-8-12-9(10)4-2;1-3-5-6-9-7(8)4-2;1-2-6(8)9-5-3-4-7;1-3-5(6)7-4-2/h4-6H,1-3,7-12H2;6-8,13-15H,1-3,9-12H2,4-5H3;4H,2-3,5-8H2,1H3;4H,2-3,5-6H2,1H3;2,7H,1,3-5H2;3H,1,4H2,2H3. The maximum Gasteiger partial charge on any atom is 0.330 e. The summed E-state index contributed by atoms with van der Waals surface area (Å²) in [4.78, 5) is 119. The van der Waals surface area contributed by atoms with E-state index < -0.39 is 66.1 Å². The number of carbonyl (C=O) groups is 10. The number of aliphatic hydroxyl groups is 1. The molecule has 0 amide bonds. The summed E-state index contributed by atoms with van der Waals surface area (Å²) >= 11 is 0. The largest absolute Gasteiger partial charge is 0.463 e. The molecule has 2 atom stereocenters. The molecule has 1 N–H and O–H groups in total. The minimum absolute atomic E-state index is 0.0242. The van der Waals surface area contributed by atoms with Gasteiger partial charge in [-0.25, -0.2) is 47.9 Å². The van der Waals surface area contributed by atoms with Gasteiger partial charge < -0.3 is 80.9 Å². The zero-order valence-corrected chi connectivity index (χ0v) is 54.0. The van der Waals surface area contributed by atoms with Gasteiger partial charge in [-0.15, -0.1) is 15.0 Å². The summed E-state index contributed by atoms with van der Waals surface area (Å²) in [5.41, 5.74) is 0. The van der Waals surface area contributed by atoms with Crippen LogP contribution in [0.5, 0.6) is 18.0 Å². The Morgan fingerprint density at radius 1 is 0.344 bits per heavy atom.